The summed E-state index contributed by atoms with van der Waals surface area (Å²) in [6.07, 6.45) is -0.439. The second-order valence-corrected chi connectivity index (χ2v) is 6.13. The summed E-state index contributed by atoms with van der Waals surface area (Å²) >= 11 is 0. The molecule has 1 rings (SSSR count). The highest BCUT2D eigenvalue weighted by Crippen LogP contribution is 2.28. The average Bonchev–Trinajstić information content (AvgIpc) is 2.37. The van der Waals surface area contributed by atoms with E-state index < -0.39 is 11.7 Å². The Bertz CT molecular complexity index is 495. The number of nitrogens with one attached hydrogen (secondary N) is 2. The number of hydrogen-bond acceptors (Lipinski definition) is 5. The third-order valence-corrected chi connectivity index (χ3v) is 2.47. The maximum absolute atomic E-state index is 11.5. The van der Waals surface area contributed by atoms with Crippen LogP contribution in [-0.4, -0.2) is 24.9 Å². The fraction of sp³-hybridized carbons (Fsp3) is 0.562. The van der Waals surface area contributed by atoms with Crippen LogP contribution in [0.4, 0.5) is 4.79 Å². The molecule has 0 bridgehead atoms. The van der Waals surface area contributed by atoms with Gasteiger partial charge in [0.2, 0.25) is 0 Å². The van der Waals surface area contributed by atoms with Crippen molar-refractivity contribution in [2.45, 2.75) is 52.9 Å². The minimum absolute atomic E-state index is 0.0757. The molecular formula is C16H26N2O4. The summed E-state index contributed by atoms with van der Waals surface area (Å²) in [5, 5.41) is 0. The smallest absolute Gasteiger partial charge is 0.422 e. The molecule has 1 aromatic rings. The molecule has 0 aliphatic carbocycles. The fourth-order valence-corrected chi connectivity index (χ4v) is 1.70. The van der Waals surface area contributed by atoms with Gasteiger partial charge < -0.3 is 14.2 Å². The Morgan fingerprint density at radius 1 is 1.23 bits per heavy atom. The second-order valence-electron chi connectivity index (χ2n) is 6.13. The Morgan fingerprint density at radius 3 is 2.45 bits per heavy atom. The Balaban J connectivity index is 2.55. The zero-order chi connectivity index (χ0) is 16.8. The van der Waals surface area contributed by atoms with Crippen molar-refractivity contribution in [3.63, 3.8) is 0 Å². The van der Waals surface area contributed by atoms with Crippen molar-refractivity contribution >= 4 is 6.09 Å². The van der Waals surface area contributed by atoms with Gasteiger partial charge >= 0.3 is 6.09 Å². The van der Waals surface area contributed by atoms with Gasteiger partial charge in [0.1, 0.15) is 5.60 Å². The molecule has 0 heterocycles. The molecule has 1 amide bonds. The molecule has 0 aromatic heterocycles. The van der Waals surface area contributed by atoms with E-state index in [0.717, 1.165) is 5.56 Å². The highest BCUT2D eigenvalue weighted by Gasteiger charge is 2.15. The summed E-state index contributed by atoms with van der Waals surface area (Å²) < 4.78 is 16.1. The lowest BCUT2D eigenvalue weighted by Gasteiger charge is -2.20. The lowest BCUT2D eigenvalue weighted by Crippen LogP contribution is -2.40. The van der Waals surface area contributed by atoms with Gasteiger partial charge in [0.05, 0.1) is 13.2 Å². The van der Waals surface area contributed by atoms with Crippen molar-refractivity contribution in [1.29, 1.82) is 0 Å². The molecule has 0 saturated heterocycles. The fourth-order valence-electron chi connectivity index (χ4n) is 1.70. The number of hydrogen-bond donors (Lipinski definition) is 2. The van der Waals surface area contributed by atoms with E-state index in [1.54, 1.807) is 7.11 Å². The van der Waals surface area contributed by atoms with E-state index in [1.807, 2.05) is 52.8 Å². The summed E-state index contributed by atoms with van der Waals surface area (Å²) in [5.41, 5.74) is 5.73. The van der Waals surface area contributed by atoms with E-state index in [1.165, 1.54) is 0 Å². The average molecular weight is 310 g/mol. The minimum Gasteiger partial charge on any atom is -0.493 e. The third-order valence-electron chi connectivity index (χ3n) is 2.47. The first-order chi connectivity index (χ1) is 10.2. The van der Waals surface area contributed by atoms with E-state index in [-0.39, 0.29) is 6.10 Å². The van der Waals surface area contributed by atoms with Crippen LogP contribution in [-0.2, 0) is 11.3 Å². The lowest BCUT2D eigenvalue weighted by molar-refractivity contribution is 0.0497. The maximum Gasteiger partial charge on any atom is 0.422 e. The Labute approximate surface area is 132 Å². The van der Waals surface area contributed by atoms with Crippen LogP contribution >= 0.6 is 0 Å². The van der Waals surface area contributed by atoms with E-state index in [4.69, 9.17) is 14.2 Å². The van der Waals surface area contributed by atoms with Gasteiger partial charge in [0.25, 0.3) is 0 Å². The van der Waals surface area contributed by atoms with Crippen molar-refractivity contribution in [1.82, 2.24) is 10.9 Å². The van der Waals surface area contributed by atoms with Crippen LogP contribution in [0.15, 0.2) is 18.2 Å². The molecule has 2 N–H and O–H groups in total. The van der Waals surface area contributed by atoms with Gasteiger partial charge in [-0.25, -0.2) is 10.2 Å². The molecule has 0 fully saturated rings. The zero-order valence-electron chi connectivity index (χ0n) is 14.1. The van der Waals surface area contributed by atoms with Crippen LogP contribution in [0.25, 0.3) is 0 Å². The highest BCUT2D eigenvalue weighted by atomic mass is 16.6. The third kappa shape index (κ3) is 6.67. The van der Waals surface area contributed by atoms with E-state index >= 15 is 0 Å². The monoisotopic (exact) mass is 310 g/mol. The van der Waals surface area contributed by atoms with E-state index in [9.17, 15) is 4.79 Å². The van der Waals surface area contributed by atoms with Crippen molar-refractivity contribution < 1.29 is 19.0 Å². The molecule has 0 aliphatic rings. The predicted octanol–water partition coefficient (Wildman–Crippen LogP) is 3.01. The quantitative estimate of drug-likeness (QED) is 0.791. The van der Waals surface area contributed by atoms with E-state index in [2.05, 4.69) is 10.9 Å². The molecule has 0 radical (unpaired) electrons. The van der Waals surface area contributed by atoms with Crippen LogP contribution in [0.3, 0.4) is 0 Å². The number of hydrazine groups is 1. The van der Waals surface area contributed by atoms with Gasteiger partial charge in [0.15, 0.2) is 11.5 Å². The summed E-state index contributed by atoms with van der Waals surface area (Å²) in [7, 11) is 1.60. The van der Waals surface area contributed by atoms with Gasteiger partial charge in [-0.05, 0) is 52.3 Å². The number of rotatable bonds is 6. The van der Waals surface area contributed by atoms with Crippen LogP contribution in [0.5, 0.6) is 11.5 Å². The zero-order valence-corrected chi connectivity index (χ0v) is 14.1. The number of benzene rings is 1. The molecule has 0 aliphatic heterocycles. The molecule has 6 nitrogen and oxygen atoms in total. The highest BCUT2D eigenvalue weighted by molar-refractivity contribution is 5.67. The maximum atomic E-state index is 11.5. The Kier molecular flexibility index (Phi) is 6.49. The Morgan fingerprint density at radius 2 is 1.91 bits per heavy atom. The number of carbonyl (C=O) groups excluding carboxylic acids is 1. The van der Waals surface area contributed by atoms with Gasteiger partial charge in [-0.3, -0.25) is 5.43 Å². The Hall–Kier alpha value is -1.95. The molecule has 124 valence electrons. The molecule has 1 aromatic carbocycles. The largest absolute Gasteiger partial charge is 0.493 e. The van der Waals surface area contributed by atoms with Crippen molar-refractivity contribution in [3.05, 3.63) is 23.8 Å². The molecule has 22 heavy (non-hydrogen) atoms. The first-order valence-electron chi connectivity index (χ1n) is 7.26. The van der Waals surface area contributed by atoms with Gasteiger partial charge in [-0.1, -0.05) is 6.07 Å². The summed E-state index contributed by atoms with van der Waals surface area (Å²) in [6.45, 7) is 9.79. The molecular weight excluding hydrogens is 284 g/mol. The topological polar surface area (TPSA) is 68.8 Å². The molecule has 0 spiro atoms. The molecule has 0 atom stereocenters. The number of methoxy groups -OCH3 is 1. The first kappa shape index (κ1) is 18.1. The summed E-state index contributed by atoms with van der Waals surface area (Å²) in [4.78, 5) is 11.5. The summed E-state index contributed by atoms with van der Waals surface area (Å²) in [5.74, 6) is 1.35. The molecule has 0 unspecified atom stereocenters. The van der Waals surface area contributed by atoms with Crippen LogP contribution in [0.1, 0.15) is 40.2 Å². The standard InChI is InChI=1S/C16H26N2O4/c1-11(2)21-13-8-7-12(9-14(13)20-6)10-17-18-15(19)22-16(3,4)5/h7-9,11,17H,10H2,1-6H3,(H,18,19). The first-order valence-corrected chi connectivity index (χ1v) is 7.26. The number of amides is 1. The van der Waals surface area contributed by atoms with Crippen LogP contribution in [0, 0.1) is 0 Å². The molecule has 0 saturated carbocycles. The van der Waals surface area contributed by atoms with Crippen molar-refractivity contribution in [2.24, 2.45) is 0 Å². The normalized spacial score (nSPS) is 11.2. The van der Waals surface area contributed by atoms with Gasteiger partial charge in [-0.15, -0.1) is 0 Å². The number of carbonyl (C=O) groups is 1. The van der Waals surface area contributed by atoms with Crippen molar-refractivity contribution in [2.75, 3.05) is 7.11 Å². The SMILES string of the molecule is COc1cc(CNNC(=O)OC(C)(C)C)ccc1OC(C)C. The minimum atomic E-state index is -0.523. The van der Waals surface area contributed by atoms with Gasteiger partial charge in [0, 0.05) is 6.54 Å². The number of ether oxygens (including phenoxy) is 3. The second kappa shape index (κ2) is 7.89. The van der Waals surface area contributed by atoms with E-state index in [0.29, 0.717) is 18.0 Å². The van der Waals surface area contributed by atoms with Crippen LogP contribution < -0.4 is 20.3 Å². The lowest BCUT2D eigenvalue weighted by atomic mass is 10.2. The molecule has 6 heteroatoms. The van der Waals surface area contributed by atoms with Crippen LogP contribution in [0.2, 0.25) is 0 Å². The summed E-state index contributed by atoms with van der Waals surface area (Å²) in [6, 6.07) is 5.62. The predicted molar refractivity (Wildman–Crippen MR) is 85.0 cm³/mol. The van der Waals surface area contributed by atoms with Gasteiger partial charge in [-0.2, -0.15) is 0 Å². The van der Waals surface area contributed by atoms with Crippen molar-refractivity contribution in [3.8, 4) is 11.5 Å².